The van der Waals surface area contributed by atoms with Crippen LogP contribution in [0.25, 0.3) is 5.76 Å². The number of aliphatic hydroxyl groups excluding tert-OH is 1. The van der Waals surface area contributed by atoms with E-state index in [-0.39, 0.29) is 6.61 Å². The van der Waals surface area contributed by atoms with Crippen LogP contribution in [-0.2, 0) is 9.53 Å². The van der Waals surface area contributed by atoms with E-state index in [1.165, 1.54) is 7.05 Å². The van der Waals surface area contributed by atoms with Gasteiger partial charge in [0.25, 0.3) is 0 Å². The van der Waals surface area contributed by atoms with E-state index in [1.807, 2.05) is 0 Å². The molecule has 1 aromatic rings. The van der Waals surface area contributed by atoms with Gasteiger partial charge in [0, 0.05) is 18.8 Å². The van der Waals surface area contributed by atoms with Gasteiger partial charge < -0.3 is 9.84 Å². The number of rotatable bonds is 6. The van der Waals surface area contributed by atoms with Gasteiger partial charge in [-0.15, -0.1) is 0 Å². The summed E-state index contributed by atoms with van der Waals surface area (Å²) in [4.78, 5) is 25.1. The van der Waals surface area contributed by atoms with E-state index < -0.39 is 56.5 Å². The van der Waals surface area contributed by atoms with Gasteiger partial charge in [0.2, 0.25) is 5.82 Å². The second-order valence-electron chi connectivity index (χ2n) is 4.83. The molecule has 0 saturated carbocycles. The monoisotopic (exact) mass is 360 g/mol. The predicted octanol–water partition coefficient (Wildman–Crippen LogP) is 3.24. The molecule has 0 bridgehead atoms. The Balaban J connectivity index is 3.81. The molecular weight excluding hydrogens is 345 g/mol. The van der Waals surface area contributed by atoms with Crippen LogP contribution in [-0.4, -0.2) is 35.9 Å². The summed E-state index contributed by atoms with van der Waals surface area (Å²) < 4.78 is 46.6. The summed E-state index contributed by atoms with van der Waals surface area (Å²) >= 11 is 0. The van der Waals surface area contributed by atoms with Crippen molar-refractivity contribution in [3.8, 4) is 0 Å². The van der Waals surface area contributed by atoms with Crippen LogP contribution in [0, 0.1) is 34.5 Å². The Hall–Kier alpha value is -2.91. The van der Waals surface area contributed by atoms with Crippen LogP contribution in [0.1, 0.15) is 24.5 Å². The molecule has 0 spiro atoms. The Morgan fingerprint density at radius 1 is 1.32 bits per heavy atom. The number of carbonyl (C=O) groups excluding carboxylic acids is 1. The van der Waals surface area contributed by atoms with E-state index in [2.05, 4.69) is 4.99 Å². The highest BCUT2D eigenvalue weighted by Crippen LogP contribution is 2.35. The first-order valence-electron chi connectivity index (χ1n) is 7.03. The van der Waals surface area contributed by atoms with Gasteiger partial charge in [-0.1, -0.05) is 6.92 Å². The molecule has 0 atom stereocenters. The number of hydrogen-bond acceptors (Lipinski definition) is 6. The van der Waals surface area contributed by atoms with Gasteiger partial charge in [-0.05, 0) is 13.3 Å². The van der Waals surface area contributed by atoms with Crippen molar-refractivity contribution in [3.05, 3.63) is 44.3 Å². The van der Waals surface area contributed by atoms with Gasteiger partial charge in [-0.2, -0.15) is 4.39 Å². The van der Waals surface area contributed by atoms with E-state index >= 15 is 0 Å². The smallest absolute Gasteiger partial charge is 0.343 e. The number of halogens is 3. The number of nitro groups is 1. The SMILES string of the molecule is CCCOC(=O)C(C=NC)=C(O)c1c(F)c(C)c(F)c(F)c1[N+](=O)[O-]. The van der Waals surface area contributed by atoms with Crippen molar-refractivity contribution in [2.24, 2.45) is 4.99 Å². The van der Waals surface area contributed by atoms with Crippen LogP contribution < -0.4 is 0 Å². The van der Waals surface area contributed by atoms with Gasteiger partial charge in [0.05, 0.1) is 11.5 Å². The van der Waals surface area contributed by atoms with Gasteiger partial charge in [-0.25, -0.2) is 13.6 Å². The number of aliphatic hydroxyl groups is 1. The zero-order valence-corrected chi connectivity index (χ0v) is 13.6. The van der Waals surface area contributed by atoms with E-state index in [9.17, 15) is 33.2 Å². The normalized spacial score (nSPS) is 12.2. The van der Waals surface area contributed by atoms with Crippen LogP contribution in [0.15, 0.2) is 10.6 Å². The minimum absolute atomic E-state index is 0.0471. The number of nitrogens with zero attached hydrogens (tertiary/aromatic N) is 2. The molecule has 0 aliphatic rings. The summed E-state index contributed by atoms with van der Waals surface area (Å²) in [5.74, 6) is -7.73. The number of esters is 1. The van der Waals surface area contributed by atoms with Crippen molar-refractivity contribution in [2.75, 3.05) is 13.7 Å². The summed E-state index contributed by atoms with van der Waals surface area (Å²) in [6, 6.07) is 0. The fourth-order valence-electron chi connectivity index (χ4n) is 1.90. The summed E-state index contributed by atoms with van der Waals surface area (Å²) in [5, 5.41) is 21.2. The third-order valence-corrected chi connectivity index (χ3v) is 3.11. The van der Waals surface area contributed by atoms with Crippen molar-refractivity contribution in [2.45, 2.75) is 20.3 Å². The fraction of sp³-hybridized carbons (Fsp3) is 0.333. The van der Waals surface area contributed by atoms with Gasteiger partial charge in [0.15, 0.2) is 5.82 Å². The summed E-state index contributed by atoms with van der Waals surface area (Å²) in [6.07, 6.45) is 1.20. The van der Waals surface area contributed by atoms with E-state index in [4.69, 9.17) is 4.74 Å². The summed E-state index contributed by atoms with van der Waals surface area (Å²) in [6.45, 7) is 2.47. The van der Waals surface area contributed by atoms with E-state index in [1.54, 1.807) is 6.92 Å². The molecule has 0 fully saturated rings. The molecule has 0 aliphatic heterocycles. The number of aliphatic imine (C=N–C) groups is 1. The minimum atomic E-state index is -1.96. The predicted molar refractivity (Wildman–Crippen MR) is 82.9 cm³/mol. The topological polar surface area (TPSA) is 102 Å². The molecule has 10 heteroatoms. The van der Waals surface area contributed by atoms with Crippen molar-refractivity contribution >= 4 is 23.6 Å². The van der Waals surface area contributed by atoms with Crippen LogP contribution in [0.5, 0.6) is 0 Å². The molecule has 0 aliphatic carbocycles. The molecule has 1 N–H and O–H groups in total. The second kappa shape index (κ2) is 8.27. The average molecular weight is 360 g/mol. The largest absolute Gasteiger partial charge is 0.506 e. The molecular formula is C15H15F3N2O5. The Kier molecular flexibility index (Phi) is 6.66. The van der Waals surface area contributed by atoms with Crippen molar-refractivity contribution in [1.82, 2.24) is 0 Å². The van der Waals surface area contributed by atoms with Crippen molar-refractivity contribution < 1.29 is 32.7 Å². The maximum absolute atomic E-state index is 14.3. The zero-order chi connectivity index (χ0) is 19.3. The lowest BCUT2D eigenvalue weighted by Crippen LogP contribution is -2.14. The molecule has 7 nitrogen and oxygen atoms in total. The van der Waals surface area contributed by atoms with Crippen molar-refractivity contribution in [1.29, 1.82) is 0 Å². The summed E-state index contributed by atoms with van der Waals surface area (Å²) in [5.41, 5.74) is -4.52. The molecule has 136 valence electrons. The lowest BCUT2D eigenvalue weighted by molar-refractivity contribution is -0.388. The van der Waals surface area contributed by atoms with Gasteiger partial charge in [0.1, 0.15) is 22.7 Å². The summed E-state index contributed by atoms with van der Waals surface area (Å²) in [7, 11) is 1.21. The number of benzene rings is 1. The molecule has 1 rings (SSSR count). The Labute approximate surface area is 140 Å². The highest BCUT2D eigenvalue weighted by atomic mass is 19.2. The highest BCUT2D eigenvalue weighted by Gasteiger charge is 2.35. The van der Waals surface area contributed by atoms with Crippen molar-refractivity contribution in [3.63, 3.8) is 0 Å². The Morgan fingerprint density at radius 2 is 1.92 bits per heavy atom. The second-order valence-corrected chi connectivity index (χ2v) is 4.83. The van der Waals surface area contributed by atoms with E-state index in [0.29, 0.717) is 6.42 Å². The third kappa shape index (κ3) is 3.95. The lowest BCUT2D eigenvalue weighted by Gasteiger charge is -2.11. The Bertz CT molecular complexity index is 775. The molecule has 0 amide bonds. The van der Waals surface area contributed by atoms with Gasteiger partial charge >= 0.3 is 11.7 Å². The maximum Gasteiger partial charge on any atom is 0.343 e. The number of hydrogen-bond donors (Lipinski definition) is 1. The number of ether oxygens (including phenoxy) is 1. The Morgan fingerprint density at radius 3 is 2.40 bits per heavy atom. The lowest BCUT2D eigenvalue weighted by atomic mass is 10.0. The first-order valence-corrected chi connectivity index (χ1v) is 7.03. The molecule has 0 radical (unpaired) electrons. The molecule has 0 aromatic heterocycles. The minimum Gasteiger partial charge on any atom is -0.506 e. The average Bonchev–Trinajstić information content (AvgIpc) is 2.57. The third-order valence-electron chi connectivity index (χ3n) is 3.11. The van der Waals surface area contributed by atoms with Crippen LogP contribution in [0.3, 0.4) is 0 Å². The standard InChI is InChI=1S/C15H15F3N2O5/c1-4-5-25-15(22)8(6-19-3)14(21)9-10(16)7(2)11(17)12(18)13(9)20(23)24/h6,21H,4-5H2,1-3H3. The van der Waals surface area contributed by atoms with Gasteiger partial charge in [-0.3, -0.25) is 15.1 Å². The molecule has 0 saturated heterocycles. The van der Waals surface area contributed by atoms with Crippen LogP contribution in [0.2, 0.25) is 0 Å². The van der Waals surface area contributed by atoms with Crippen LogP contribution >= 0.6 is 0 Å². The van der Waals surface area contributed by atoms with E-state index in [0.717, 1.165) is 13.1 Å². The molecule has 0 unspecified atom stereocenters. The highest BCUT2D eigenvalue weighted by molar-refractivity contribution is 6.15. The first-order chi connectivity index (χ1) is 11.7. The molecule has 0 heterocycles. The fourth-order valence-corrected chi connectivity index (χ4v) is 1.90. The quantitative estimate of drug-likeness (QED) is 0.160. The number of nitro benzene ring substituents is 1. The van der Waals surface area contributed by atoms with Crippen LogP contribution in [0.4, 0.5) is 18.9 Å². The molecule has 25 heavy (non-hydrogen) atoms. The maximum atomic E-state index is 14.3. The molecule has 1 aromatic carbocycles. The first kappa shape index (κ1) is 20.1. The zero-order valence-electron chi connectivity index (χ0n) is 13.6. The number of carbonyl (C=O) groups is 1.